The molecule has 0 spiro atoms. The molecule has 0 aliphatic carbocycles. The average Bonchev–Trinajstić information content (AvgIpc) is 2.33. The van der Waals surface area contributed by atoms with Gasteiger partial charge in [-0.25, -0.2) is 0 Å². The molecule has 11 heavy (non-hydrogen) atoms. The molecule has 0 saturated carbocycles. The van der Waals surface area contributed by atoms with Crippen molar-refractivity contribution in [1.29, 1.82) is 0 Å². The van der Waals surface area contributed by atoms with E-state index in [0.29, 0.717) is 0 Å². The zero-order chi connectivity index (χ0) is 8.48. The van der Waals surface area contributed by atoms with E-state index < -0.39 is 0 Å². The van der Waals surface area contributed by atoms with Crippen LogP contribution in [0.4, 0.5) is 0 Å². The monoisotopic (exact) mass is 158 g/mol. The molecule has 0 radical (unpaired) electrons. The van der Waals surface area contributed by atoms with E-state index in [1.165, 1.54) is 0 Å². The molecule has 1 heterocycles. The maximum Gasteiger partial charge on any atom is 0.0883 e. The molecule has 1 saturated heterocycles. The molecule has 1 fully saturated rings. The predicted octanol–water partition coefficient (Wildman–Crippen LogP) is 1.10. The van der Waals surface area contributed by atoms with Crippen LogP contribution in [-0.2, 0) is 4.84 Å². The van der Waals surface area contributed by atoms with Crippen LogP contribution in [0.3, 0.4) is 0 Å². The van der Waals surface area contributed by atoms with E-state index in [1.54, 1.807) is 0 Å². The molecule has 1 aliphatic heterocycles. The Morgan fingerprint density at radius 1 is 1.73 bits per heavy atom. The third-order valence-electron chi connectivity index (χ3n) is 2.40. The Morgan fingerprint density at radius 2 is 2.36 bits per heavy atom. The van der Waals surface area contributed by atoms with Gasteiger partial charge in [-0.1, -0.05) is 6.92 Å². The topological polar surface area (TPSA) is 38.5 Å². The number of hydroxylamine groups is 2. The van der Waals surface area contributed by atoms with Crippen molar-refractivity contribution in [3.05, 3.63) is 0 Å². The summed E-state index contributed by atoms with van der Waals surface area (Å²) in [6.45, 7) is 7.18. The second-order valence-electron chi connectivity index (χ2n) is 3.53. The molecule has 2 N–H and O–H groups in total. The molecule has 3 heteroatoms. The molecule has 66 valence electrons. The number of nitrogens with zero attached hydrogens (tertiary/aromatic N) is 1. The van der Waals surface area contributed by atoms with E-state index in [9.17, 15) is 0 Å². The van der Waals surface area contributed by atoms with Crippen LogP contribution in [0.15, 0.2) is 0 Å². The highest BCUT2D eigenvalue weighted by Crippen LogP contribution is 2.28. The quantitative estimate of drug-likeness (QED) is 0.654. The van der Waals surface area contributed by atoms with Gasteiger partial charge in [0.05, 0.1) is 11.8 Å². The van der Waals surface area contributed by atoms with Crippen LogP contribution in [0.5, 0.6) is 0 Å². The van der Waals surface area contributed by atoms with E-state index >= 15 is 0 Å². The van der Waals surface area contributed by atoms with Gasteiger partial charge in [0.1, 0.15) is 0 Å². The minimum atomic E-state index is 0.0170. The number of hydrogen-bond donors (Lipinski definition) is 1. The van der Waals surface area contributed by atoms with Gasteiger partial charge < -0.3 is 5.73 Å². The minimum Gasteiger partial charge on any atom is -0.314 e. The summed E-state index contributed by atoms with van der Waals surface area (Å²) in [5.74, 6) is 0. The molecular formula is C8H18N2O. The first-order valence-corrected chi connectivity index (χ1v) is 4.29. The second-order valence-corrected chi connectivity index (χ2v) is 3.53. The predicted molar refractivity (Wildman–Crippen MR) is 44.8 cm³/mol. The Morgan fingerprint density at radius 3 is 2.64 bits per heavy atom. The second kappa shape index (κ2) is 3.09. The van der Waals surface area contributed by atoms with Crippen LogP contribution < -0.4 is 5.73 Å². The molecule has 2 atom stereocenters. The van der Waals surface area contributed by atoms with Gasteiger partial charge in [-0.15, -0.1) is 0 Å². The lowest BCUT2D eigenvalue weighted by molar-refractivity contribution is -0.205. The van der Waals surface area contributed by atoms with Crippen LogP contribution in [0.1, 0.15) is 33.6 Å². The smallest absolute Gasteiger partial charge is 0.0883 e. The summed E-state index contributed by atoms with van der Waals surface area (Å²) < 4.78 is 0. The van der Waals surface area contributed by atoms with Crippen LogP contribution in [-0.4, -0.2) is 23.4 Å². The van der Waals surface area contributed by atoms with Crippen molar-refractivity contribution in [2.75, 3.05) is 6.54 Å². The van der Waals surface area contributed by atoms with Crippen LogP contribution in [0, 0.1) is 0 Å². The highest BCUT2D eigenvalue weighted by Gasteiger charge is 2.34. The third-order valence-corrected chi connectivity index (χ3v) is 2.40. The highest BCUT2D eigenvalue weighted by atomic mass is 16.7. The summed E-state index contributed by atoms with van der Waals surface area (Å²) in [5.41, 5.74) is 5.71. The minimum absolute atomic E-state index is 0.0170. The third kappa shape index (κ3) is 1.92. The van der Waals surface area contributed by atoms with Crippen LogP contribution in [0.25, 0.3) is 0 Å². The van der Waals surface area contributed by atoms with Crippen molar-refractivity contribution < 1.29 is 4.84 Å². The Bertz CT molecular complexity index is 138. The normalized spacial score (nSPS) is 36.0. The lowest BCUT2D eigenvalue weighted by Gasteiger charge is -2.25. The summed E-state index contributed by atoms with van der Waals surface area (Å²) in [4.78, 5) is 5.67. The SMILES string of the molecule is CCC1(C)CCN(C(C)N)O1. The van der Waals surface area contributed by atoms with Crippen molar-refractivity contribution >= 4 is 0 Å². The van der Waals surface area contributed by atoms with E-state index in [0.717, 1.165) is 19.4 Å². The van der Waals surface area contributed by atoms with Crippen molar-refractivity contribution in [3.63, 3.8) is 0 Å². The first-order valence-electron chi connectivity index (χ1n) is 4.29. The fourth-order valence-electron chi connectivity index (χ4n) is 1.25. The van der Waals surface area contributed by atoms with Crippen molar-refractivity contribution in [1.82, 2.24) is 5.06 Å². The van der Waals surface area contributed by atoms with E-state index in [-0.39, 0.29) is 11.8 Å². The van der Waals surface area contributed by atoms with E-state index in [2.05, 4.69) is 13.8 Å². The zero-order valence-corrected chi connectivity index (χ0v) is 7.63. The first kappa shape index (κ1) is 8.97. The van der Waals surface area contributed by atoms with Crippen molar-refractivity contribution in [3.8, 4) is 0 Å². The maximum atomic E-state index is 5.67. The zero-order valence-electron chi connectivity index (χ0n) is 7.63. The van der Waals surface area contributed by atoms with Gasteiger partial charge in [0.15, 0.2) is 0 Å². The van der Waals surface area contributed by atoms with E-state index in [4.69, 9.17) is 10.6 Å². The molecule has 3 nitrogen and oxygen atoms in total. The van der Waals surface area contributed by atoms with Crippen LogP contribution in [0.2, 0.25) is 0 Å². The average molecular weight is 158 g/mol. The fraction of sp³-hybridized carbons (Fsp3) is 1.00. The van der Waals surface area contributed by atoms with E-state index in [1.807, 2.05) is 12.0 Å². The maximum absolute atomic E-state index is 5.67. The van der Waals surface area contributed by atoms with Crippen molar-refractivity contribution in [2.45, 2.75) is 45.4 Å². The molecule has 0 amide bonds. The number of hydrogen-bond acceptors (Lipinski definition) is 3. The molecule has 0 aromatic rings. The summed E-state index contributed by atoms with van der Waals surface area (Å²) >= 11 is 0. The summed E-state index contributed by atoms with van der Waals surface area (Å²) in [6, 6.07) is 0. The summed E-state index contributed by atoms with van der Waals surface area (Å²) in [6.07, 6.45) is 2.16. The Kier molecular flexibility index (Phi) is 2.52. The van der Waals surface area contributed by atoms with Gasteiger partial charge in [-0.2, -0.15) is 5.06 Å². The van der Waals surface area contributed by atoms with Gasteiger partial charge in [0, 0.05) is 6.54 Å². The lowest BCUT2D eigenvalue weighted by atomic mass is 10.0. The van der Waals surface area contributed by atoms with Crippen molar-refractivity contribution in [2.24, 2.45) is 5.73 Å². The molecule has 1 aliphatic rings. The Balaban J connectivity index is 2.46. The standard InChI is InChI=1S/C8H18N2O/c1-4-8(3)5-6-10(11-8)7(2)9/h7H,4-6,9H2,1-3H3. The molecule has 0 aromatic heterocycles. The van der Waals surface area contributed by atoms with Gasteiger partial charge in [-0.3, -0.25) is 4.84 Å². The Hall–Kier alpha value is -0.120. The fourth-order valence-corrected chi connectivity index (χ4v) is 1.25. The number of rotatable bonds is 2. The van der Waals surface area contributed by atoms with Gasteiger partial charge in [0.25, 0.3) is 0 Å². The molecule has 0 bridgehead atoms. The van der Waals surface area contributed by atoms with Gasteiger partial charge in [-0.05, 0) is 26.7 Å². The lowest BCUT2D eigenvalue weighted by Crippen LogP contribution is -2.38. The van der Waals surface area contributed by atoms with Crippen LogP contribution >= 0.6 is 0 Å². The summed E-state index contributed by atoms with van der Waals surface area (Å²) in [5, 5.41) is 1.86. The molecular weight excluding hydrogens is 140 g/mol. The number of nitrogens with two attached hydrogens (primary N) is 1. The van der Waals surface area contributed by atoms with Gasteiger partial charge >= 0.3 is 0 Å². The highest BCUT2D eigenvalue weighted by molar-refractivity contribution is 4.79. The largest absolute Gasteiger partial charge is 0.314 e. The Labute approximate surface area is 68.5 Å². The molecule has 2 unspecified atom stereocenters. The van der Waals surface area contributed by atoms with Gasteiger partial charge in [0.2, 0.25) is 0 Å². The molecule has 1 rings (SSSR count). The summed E-state index contributed by atoms with van der Waals surface area (Å²) in [7, 11) is 0. The first-order chi connectivity index (χ1) is 5.07. The molecule has 0 aromatic carbocycles.